The number of benzene rings is 2. The number of non-ortho nitro benzene ring substituents is 2. The number of carboxylic acid groups (broad SMARTS) is 1. The van der Waals surface area contributed by atoms with E-state index in [1.54, 1.807) is 0 Å². The summed E-state index contributed by atoms with van der Waals surface area (Å²) in [6.45, 7) is 0.354. The number of hydrogen-bond acceptors (Lipinski definition) is 9. The van der Waals surface area contributed by atoms with Crippen molar-refractivity contribution in [1.82, 2.24) is 15.1 Å². The first-order chi connectivity index (χ1) is 19.0. The lowest BCUT2D eigenvalue weighted by molar-refractivity contribution is -0.385. The van der Waals surface area contributed by atoms with Gasteiger partial charge in [0.2, 0.25) is 5.91 Å². The largest absolute Gasteiger partial charge is 0.465 e. The fourth-order valence-corrected chi connectivity index (χ4v) is 5.62. The van der Waals surface area contributed by atoms with Crippen molar-refractivity contribution in [3.05, 3.63) is 79.9 Å². The monoisotopic (exact) mass is 573 g/mol. The zero-order valence-electron chi connectivity index (χ0n) is 21.2. The van der Waals surface area contributed by atoms with Gasteiger partial charge in [-0.2, -0.15) is 12.6 Å². The zero-order valence-corrected chi connectivity index (χ0v) is 22.1. The number of nitrogens with one attached hydrogen (secondary N) is 1. The van der Waals surface area contributed by atoms with E-state index in [0.29, 0.717) is 17.5 Å². The highest BCUT2D eigenvalue weighted by Gasteiger charge is 2.55. The second-order valence-electron chi connectivity index (χ2n) is 9.76. The molecule has 2 fully saturated rings. The smallest absolute Gasteiger partial charge is 0.408 e. The Morgan fingerprint density at radius 3 is 2.12 bits per heavy atom. The molecular formula is C25H27N5O9S. The Bertz CT molecular complexity index is 1310. The Hall–Kier alpha value is -4.40. The number of alkyl carbamates (subject to hydrolysis) is 1. The van der Waals surface area contributed by atoms with E-state index in [1.807, 2.05) is 0 Å². The molecule has 0 radical (unpaired) electrons. The molecule has 3 amide bonds. The van der Waals surface area contributed by atoms with Gasteiger partial charge in [0, 0.05) is 55.6 Å². The van der Waals surface area contributed by atoms with Crippen LogP contribution in [0, 0.1) is 20.2 Å². The normalized spacial score (nSPS) is 22.1. The van der Waals surface area contributed by atoms with E-state index in [1.165, 1.54) is 53.4 Å². The van der Waals surface area contributed by atoms with Crippen molar-refractivity contribution in [2.24, 2.45) is 0 Å². The Labute approximate surface area is 233 Å². The minimum Gasteiger partial charge on any atom is -0.465 e. The first kappa shape index (κ1) is 28.6. The van der Waals surface area contributed by atoms with Crippen LogP contribution in [0.3, 0.4) is 0 Å². The number of likely N-dealkylation sites (tertiary alicyclic amines) is 2. The van der Waals surface area contributed by atoms with Crippen molar-refractivity contribution < 1.29 is 34.1 Å². The summed E-state index contributed by atoms with van der Waals surface area (Å²) in [5, 5.41) is 34.1. The number of thiol groups is 1. The maximum atomic E-state index is 13.9. The highest BCUT2D eigenvalue weighted by atomic mass is 32.1. The quantitative estimate of drug-likeness (QED) is 0.242. The molecule has 2 saturated heterocycles. The maximum Gasteiger partial charge on any atom is 0.408 e. The van der Waals surface area contributed by atoms with Gasteiger partial charge in [0.25, 0.3) is 11.4 Å². The number of carbonyl (C=O) groups is 3. The zero-order chi connectivity index (χ0) is 29.0. The van der Waals surface area contributed by atoms with Gasteiger partial charge < -0.3 is 20.1 Å². The average molecular weight is 574 g/mol. The van der Waals surface area contributed by atoms with E-state index in [0.717, 1.165) is 4.90 Å². The Morgan fingerprint density at radius 2 is 1.57 bits per heavy atom. The highest BCUT2D eigenvalue weighted by molar-refractivity contribution is 7.81. The Balaban J connectivity index is 1.41. The number of rotatable bonds is 8. The fraction of sp³-hybridized carbons (Fsp3) is 0.400. The summed E-state index contributed by atoms with van der Waals surface area (Å²) < 4.78 is 5.21. The van der Waals surface area contributed by atoms with Gasteiger partial charge in [-0.1, -0.05) is 12.1 Å². The summed E-state index contributed by atoms with van der Waals surface area (Å²) >= 11 is 4.47. The molecule has 2 heterocycles. The first-order valence-electron chi connectivity index (χ1n) is 12.4. The predicted molar refractivity (Wildman–Crippen MR) is 143 cm³/mol. The van der Waals surface area contributed by atoms with E-state index in [9.17, 15) is 39.7 Å². The third-order valence-electron chi connectivity index (χ3n) is 7.07. The number of nitrogens with zero attached hydrogens (tertiary/aromatic N) is 4. The van der Waals surface area contributed by atoms with Crippen molar-refractivity contribution in [2.75, 3.05) is 19.6 Å². The van der Waals surface area contributed by atoms with Gasteiger partial charge in [0.1, 0.15) is 12.1 Å². The lowest BCUT2D eigenvalue weighted by Crippen LogP contribution is -2.59. The van der Waals surface area contributed by atoms with Crippen LogP contribution < -0.4 is 5.32 Å². The van der Waals surface area contributed by atoms with Gasteiger partial charge in [-0.05, 0) is 36.1 Å². The minimum absolute atomic E-state index is 0.0130. The minimum atomic E-state index is -1.46. The average Bonchev–Trinajstić information content (AvgIpc) is 3.52. The van der Waals surface area contributed by atoms with Gasteiger partial charge >= 0.3 is 12.2 Å². The van der Waals surface area contributed by atoms with E-state index in [4.69, 9.17) is 4.74 Å². The van der Waals surface area contributed by atoms with Crippen molar-refractivity contribution in [1.29, 1.82) is 0 Å². The lowest BCUT2D eigenvalue weighted by Gasteiger charge is -2.38. The molecule has 2 N–H and O–H groups in total. The van der Waals surface area contributed by atoms with Gasteiger partial charge in [0.05, 0.1) is 15.9 Å². The van der Waals surface area contributed by atoms with Crippen molar-refractivity contribution in [2.45, 2.75) is 42.7 Å². The third kappa shape index (κ3) is 6.25. The molecule has 4 rings (SSSR count). The van der Waals surface area contributed by atoms with Gasteiger partial charge in [-0.25, -0.2) is 9.59 Å². The summed E-state index contributed by atoms with van der Waals surface area (Å²) in [7, 11) is 0. The molecule has 15 heteroatoms. The Morgan fingerprint density at radius 1 is 1.00 bits per heavy atom. The molecule has 0 aliphatic carbocycles. The molecule has 0 saturated carbocycles. The van der Waals surface area contributed by atoms with Gasteiger partial charge in [-0.15, -0.1) is 0 Å². The van der Waals surface area contributed by atoms with Crippen molar-refractivity contribution in [3.63, 3.8) is 0 Å². The van der Waals surface area contributed by atoms with Crippen LogP contribution in [0.1, 0.15) is 24.0 Å². The third-order valence-corrected chi connectivity index (χ3v) is 7.42. The van der Waals surface area contributed by atoms with Crippen LogP contribution in [0.25, 0.3) is 0 Å². The fourth-order valence-electron chi connectivity index (χ4n) is 5.16. The number of nitro benzene ring substituents is 2. The van der Waals surface area contributed by atoms with Crippen LogP contribution in [0.5, 0.6) is 0 Å². The number of hydrogen-bond donors (Lipinski definition) is 3. The predicted octanol–water partition coefficient (Wildman–Crippen LogP) is 2.99. The molecule has 2 aliphatic heterocycles. The molecule has 0 spiro atoms. The molecule has 2 aromatic carbocycles. The SMILES string of the molecule is O=C(NC1CCN(C(=O)[C@]2(Cc3ccc([N+](=O)[O-])cc3)C[C@@H](S)CN2C(=O)O)C1)OCc1ccc([N+](=O)[O-])cc1. The number of amides is 3. The molecule has 40 heavy (non-hydrogen) atoms. The number of carbonyl (C=O) groups excluding carboxylic acids is 2. The van der Waals surface area contributed by atoms with Gasteiger partial charge in [-0.3, -0.25) is 29.9 Å². The molecule has 14 nitrogen and oxygen atoms in total. The van der Waals surface area contributed by atoms with Crippen LogP contribution >= 0.6 is 12.6 Å². The highest BCUT2D eigenvalue weighted by Crippen LogP contribution is 2.38. The van der Waals surface area contributed by atoms with Crippen LogP contribution in [-0.2, 0) is 22.6 Å². The Kier molecular flexibility index (Phi) is 8.42. The van der Waals surface area contributed by atoms with E-state index < -0.39 is 39.5 Å². The van der Waals surface area contributed by atoms with Crippen LogP contribution in [0.15, 0.2) is 48.5 Å². The molecule has 1 unspecified atom stereocenters. The summed E-state index contributed by atoms with van der Waals surface area (Å²) in [4.78, 5) is 61.8. The molecular weight excluding hydrogens is 546 g/mol. The van der Waals surface area contributed by atoms with E-state index in [-0.39, 0.29) is 55.7 Å². The molecule has 0 aromatic heterocycles. The van der Waals surface area contributed by atoms with Gasteiger partial charge in [0.15, 0.2) is 0 Å². The number of nitro groups is 2. The summed E-state index contributed by atoms with van der Waals surface area (Å²) in [5.41, 5.74) is -0.528. The second kappa shape index (κ2) is 11.8. The molecule has 2 aromatic rings. The van der Waals surface area contributed by atoms with Crippen LogP contribution in [0.2, 0.25) is 0 Å². The maximum absolute atomic E-state index is 13.9. The molecule has 3 atom stereocenters. The standard InChI is InChI=1S/C25H27N5O9S/c31-22(25(12-21(40)14-28(25)24(33)34)11-16-1-5-19(6-2-16)29(35)36)27-10-9-18(13-27)26-23(32)39-15-17-3-7-20(8-4-17)30(37)38/h1-8,18,21,40H,9-15H2,(H,26,32)(H,33,34)/t18?,21-,25+/m1/s1. The van der Waals surface area contributed by atoms with Crippen molar-refractivity contribution >= 4 is 42.1 Å². The summed E-state index contributed by atoms with van der Waals surface area (Å²) in [6.07, 6.45) is -1.40. The lowest BCUT2D eigenvalue weighted by atomic mass is 9.86. The second-order valence-corrected chi connectivity index (χ2v) is 10.5. The van der Waals surface area contributed by atoms with E-state index in [2.05, 4.69) is 17.9 Å². The number of ether oxygens (including phenoxy) is 1. The van der Waals surface area contributed by atoms with Crippen LogP contribution in [-0.4, -0.2) is 79.3 Å². The van der Waals surface area contributed by atoms with Crippen molar-refractivity contribution in [3.8, 4) is 0 Å². The first-order valence-corrected chi connectivity index (χ1v) is 12.9. The molecule has 0 bridgehead atoms. The molecule has 212 valence electrons. The van der Waals surface area contributed by atoms with Crippen LogP contribution in [0.4, 0.5) is 21.0 Å². The summed E-state index contributed by atoms with van der Waals surface area (Å²) in [5.74, 6) is -0.423. The topological polar surface area (TPSA) is 185 Å². The molecule has 2 aliphatic rings. The van der Waals surface area contributed by atoms with E-state index >= 15 is 0 Å². The summed E-state index contributed by atoms with van der Waals surface area (Å²) in [6, 6.07) is 10.8.